The number of benzene rings is 2. The number of hydrogen-bond donors (Lipinski definition) is 2. The maximum Gasteiger partial charge on any atom is 0.143 e. The van der Waals surface area contributed by atoms with Gasteiger partial charge in [0.15, 0.2) is 0 Å². The average Bonchev–Trinajstić information content (AvgIpc) is 2.63. The number of aromatic nitrogens is 2. The lowest BCUT2D eigenvalue weighted by Gasteiger charge is -2.16. The molecule has 0 aliphatic heterocycles. The van der Waals surface area contributed by atoms with Crippen LogP contribution in [0.4, 0.5) is 23.0 Å². The van der Waals surface area contributed by atoms with Crippen molar-refractivity contribution in [1.82, 2.24) is 9.97 Å². The summed E-state index contributed by atoms with van der Waals surface area (Å²) >= 11 is 0. The van der Waals surface area contributed by atoms with Gasteiger partial charge in [0.2, 0.25) is 0 Å². The Morgan fingerprint density at radius 1 is 0.963 bits per heavy atom. The van der Waals surface area contributed by atoms with Crippen LogP contribution in [0.2, 0.25) is 0 Å². The molecular weight excluding hydrogens is 338 g/mol. The molecule has 6 heteroatoms. The van der Waals surface area contributed by atoms with Crippen molar-refractivity contribution >= 4 is 23.0 Å². The molecule has 136 valence electrons. The minimum Gasteiger partial charge on any atom is -0.489 e. The summed E-state index contributed by atoms with van der Waals surface area (Å²) in [5, 5.41) is 15.4. The lowest BCUT2D eigenvalue weighted by Crippen LogP contribution is -2.08. The van der Waals surface area contributed by atoms with Crippen LogP contribution in [0.1, 0.15) is 25.2 Å². The molecule has 0 radical (unpaired) electrons. The molecule has 1 aromatic heterocycles. The number of para-hydroxylation sites is 2. The van der Waals surface area contributed by atoms with Crippen molar-refractivity contribution < 1.29 is 4.74 Å². The molecule has 2 N–H and O–H groups in total. The molecule has 3 aromatic rings. The second-order valence-electron chi connectivity index (χ2n) is 6.29. The average molecular weight is 359 g/mol. The molecule has 1 heterocycles. The summed E-state index contributed by atoms with van der Waals surface area (Å²) in [6.45, 7) is 5.82. The second kappa shape index (κ2) is 8.19. The fraction of sp³-hybridized carbons (Fsp3) is 0.190. The monoisotopic (exact) mass is 359 g/mol. The van der Waals surface area contributed by atoms with Crippen LogP contribution in [0.25, 0.3) is 0 Å². The molecule has 0 unspecified atom stereocenters. The third-order valence-electron chi connectivity index (χ3n) is 3.64. The molecular formula is C21H21N5O. The van der Waals surface area contributed by atoms with Crippen LogP contribution in [-0.2, 0) is 0 Å². The Morgan fingerprint density at radius 2 is 1.63 bits per heavy atom. The normalized spacial score (nSPS) is 10.3. The number of nitrogens with one attached hydrogen (secondary N) is 2. The number of hydrogen-bond acceptors (Lipinski definition) is 6. The highest BCUT2D eigenvalue weighted by molar-refractivity contribution is 5.67. The van der Waals surface area contributed by atoms with E-state index in [1.54, 1.807) is 12.1 Å². The fourth-order valence-electron chi connectivity index (χ4n) is 2.54. The Kier molecular flexibility index (Phi) is 5.53. The number of aryl methyl sites for hydroxylation is 1. The van der Waals surface area contributed by atoms with E-state index in [1.165, 1.54) is 0 Å². The molecule has 3 rings (SSSR count). The van der Waals surface area contributed by atoms with Crippen molar-refractivity contribution in [3.05, 3.63) is 66.0 Å². The van der Waals surface area contributed by atoms with Gasteiger partial charge in [0.1, 0.15) is 23.2 Å². The first-order valence-electron chi connectivity index (χ1n) is 8.69. The van der Waals surface area contributed by atoms with Gasteiger partial charge in [-0.05, 0) is 57.2 Å². The smallest absolute Gasteiger partial charge is 0.143 e. The van der Waals surface area contributed by atoms with Gasteiger partial charge in [-0.15, -0.1) is 0 Å². The standard InChI is InChI=1S/C21H21N5O/c1-14(2)27-19-7-5-4-6-18(19)26-21-12-20(23-15(3)24-21)25-17-10-8-16(13-22)9-11-17/h4-12,14H,1-3H3,(H2,23,24,25,26). The summed E-state index contributed by atoms with van der Waals surface area (Å²) in [4.78, 5) is 8.88. The third kappa shape index (κ3) is 4.95. The van der Waals surface area contributed by atoms with Crippen LogP contribution in [0.15, 0.2) is 54.6 Å². The van der Waals surface area contributed by atoms with E-state index in [0.717, 1.165) is 17.1 Å². The van der Waals surface area contributed by atoms with Crippen molar-refractivity contribution in [2.45, 2.75) is 26.9 Å². The number of nitrogens with zero attached hydrogens (tertiary/aromatic N) is 3. The number of ether oxygens (including phenoxy) is 1. The minimum atomic E-state index is 0.0775. The van der Waals surface area contributed by atoms with Crippen molar-refractivity contribution in [2.75, 3.05) is 10.6 Å². The maximum atomic E-state index is 8.90. The Labute approximate surface area is 158 Å². The van der Waals surface area contributed by atoms with Crippen molar-refractivity contribution in [2.24, 2.45) is 0 Å². The van der Waals surface area contributed by atoms with E-state index in [-0.39, 0.29) is 6.10 Å². The van der Waals surface area contributed by atoms with Crippen LogP contribution >= 0.6 is 0 Å². The van der Waals surface area contributed by atoms with Gasteiger partial charge >= 0.3 is 0 Å². The van der Waals surface area contributed by atoms with E-state index >= 15 is 0 Å². The maximum absolute atomic E-state index is 8.90. The molecule has 0 bridgehead atoms. The molecule has 0 spiro atoms. The zero-order valence-electron chi connectivity index (χ0n) is 15.5. The second-order valence-corrected chi connectivity index (χ2v) is 6.29. The highest BCUT2D eigenvalue weighted by Gasteiger charge is 2.08. The van der Waals surface area contributed by atoms with Gasteiger partial charge < -0.3 is 15.4 Å². The predicted octanol–water partition coefficient (Wildman–Crippen LogP) is 4.93. The first kappa shape index (κ1) is 18.2. The lowest BCUT2D eigenvalue weighted by molar-refractivity contribution is 0.244. The summed E-state index contributed by atoms with van der Waals surface area (Å²) in [6.07, 6.45) is 0.0775. The summed E-state index contributed by atoms with van der Waals surface area (Å²) in [7, 11) is 0. The van der Waals surface area contributed by atoms with E-state index in [1.807, 2.05) is 63.2 Å². The molecule has 0 saturated heterocycles. The predicted molar refractivity (Wildman–Crippen MR) is 107 cm³/mol. The fourth-order valence-corrected chi connectivity index (χ4v) is 2.54. The lowest BCUT2D eigenvalue weighted by atomic mass is 10.2. The van der Waals surface area contributed by atoms with E-state index in [2.05, 4.69) is 26.7 Å². The van der Waals surface area contributed by atoms with Crippen LogP contribution in [0, 0.1) is 18.3 Å². The Morgan fingerprint density at radius 3 is 2.30 bits per heavy atom. The molecule has 0 amide bonds. The summed E-state index contributed by atoms with van der Waals surface area (Å²) < 4.78 is 5.85. The number of rotatable bonds is 6. The molecule has 0 aliphatic carbocycles. The Bertz CT molecular complexity index is 961. The van der Waals surface area contributed by atoms with Crippen LogP contribution in [0.3, 0.4) is 0 Å². The molecule has 0 fully saturated rings. The van der Waals surface area contributed by atoms with Gasteiger partial charge in [0, 0.05) is 11.8 Å². The zero-order chi connectivity index (χ0) is 19.2. The number of anilines is 4. The zero-order valence-corrected chi connectivity index (χ0v) is 15.5. The summed E-state index contributed by atoms with van der Waals surface area (Å²) in [6, 6.07) is 18.9. The minimum absolute atomic E-state index is 0.0775. The van der Waals surface area contributed by atoms with E-state index in [4.69, 9.17) is 10.00 Å². The third-order valence-corrected chi connectivity index (χ3v) is 3.64. The molecule has 6 nitrogen and oxygen atoms in total. The van der Waals surface area contributed by atoms with Crippen molar-refractivity contribution in [3.8, 4) is 11.8 Å². The highest BCUT2D eigenvalue weighted by atomic mass is 16.5. The van der Waals surface area contributed by atoms with E-state index in [0.29, 0.717) is 23.0 Å². The van der Waals surface area contributed by atoms with Crippen molar-refractivity contribution in [3.63, 3.8) is 0 Å². The summed E-state index contributed by atoms with van der Waals surface area (Å²) in [5.41, 5.74) is 2.30. The summed E-state index contributed by atoms with van der Waals surface area (Å²) in [5.74, 6) is 2.74. The van der Waals surface area contributed by atoms with E-state index in [9.17, 15) is 0 Å². The molecule has 0 atom stereocenters. The molecule has 27 heavy (non-hydrogen) atoms. The van der Waals surface area contributed by atoms with Gasteiger partial charge in [-0.1, -0.05) is 12.1 Å². The van der Waals surface area contributed by atoms with Gasteiger partial charge in [-0.25, -0.2) is 9.97 Å². The van der Waals surface area contributed by atoms with Crippen LogP contribution in [-0.4, -0.2) is 16.1 Å². The number of nitriles is 1. The highest BCUT2D eigenvalue weighted by Crippen LogP contribution is 2.28. The SMILES string of the molecule is Cc1nc(Nc2ccc(C#N)cc2)cc(Nc2ccccc2OC(C)C)n1. The molecule has 0 saturated carbocycles. The quantitative estimate of drug-likeness (QED) is 0.649. The topological polar surface area (TPSA) is 82.9 Å². The first-order valence-corrected chi connectivity index (χ1v) is 8.69. The van der Waals surface area contributed by atoms with Crippen LogP contribution < -0.4 is 15.4 Å². The van der Waals surface area contributed by atoms with Gasteiger partial charge in [0.25, 0.3) is 0 Å². The largest absolute Gasteiger partial charge is 0.489 e. The Hall–Kier alpha value is -3.59. The van der Waals surface area contributed by atoms with Gasteiger partial charge in [-0.2, -0.15) is 5.26 Å². The van der Waals surface area contributed by atoms with Crippen molar-refractivity contribution in [1.29, 1.82) is 5.26 Å². The first-order chi connectivity index (χ1) is 13.0. The Balaban J connectivity index is 1.82. The van der Waals surface area contributed by atoms with Crippen LogP contribution in [0.5, 0.6) is 5.75 Å². The van der Waals surface area contributed by atoms with E-state index < -0.39 is 0 Å². The molecule has 2 aromatic carbocycles. The van der Waals surface area contributed by atoms with Gasteiger partial charge in [0.05, 0.1) is 23.4 Å². The molecule has 0 aliphatic rings. The van der Waals surface area contributed by atoms with Gasteiger partial charge in [-0.3, -0.25) is 0 Å².